The summed E-state index contributed by atoms with van der Waals surface area (Å²) in [6, 6.07) is -0.646. The van der Waals surface area contributed by atoms with Crippen molar-refractivity contribution in [2.75, 3.05) is 6.61 Å². The summed E-state index contributed by atoms with van der Waals surface area (Å²) in [5.41, 5.74) is 0. The summed E-state index contributed by atoms with van der Waals surface area (Å²) in [7, 11) is 0. The smallest absolute Gasteiger partial charge is 0.230 e. The van der Waals surface area contributed by atoms with Crippen LogP contribution in [0.1, 0.15) is 26.2 Å². The second-order valence-electron chi connectivity index (χ2n) is 3.77. The number of nitrogens with zero attached hydrogens (tertiary/aromatic N) is 1. The lowest BCUT2D eigenvalue weighted by Gasteiger charge is -2.39. The van der Waals surface area contributed by atoms with Crippen LogP contribution in [-0.4, -0.2) is 41.3 Å². The number of amides is 2. The molecule has 1 aliphatic carbocycles. The van der Waals surface area contributed by atoms with Crippen molar-refractivity contribution in [2.24, 2.45) is 0 Å². The molecule has 2 fully saturated rings. The lowest BCUT2D eigenvalue weighted by atomic mass is 9.86. The van der Waals surface area contributed by atoms with E-state index in [0.29, 0.717) is 13.0 Å². The summed E-state index contributed by atoms with van der Waals surface area (Å²) >= 11 is 0. The second-order valence-corrected chi connectivity index (χ2v) is 3.77. The van der Waals surface area contributed by atoms with E-state index in [1.807, 2.05) is 6.92 Å². The Kier molecular flexibility index (Phi) is 2.56. The molecule has 0 spiro atoms. The van der Waals surface area contributed by atoms with Gasteiger partial charge in [-0.3, -0.25) is 19.3 Å². The highest BCUT2D eigenvalue weighted by atomic mass is 16.5. The van der Waals surface area contributed by atoms with Crippen LogP contribution in [0.2, 0.25) is 0 Å². The summed E-state index contributed by atoms with van der Waals surface area (Å²) in [5.74, 6) is -0.567. The highest BCUT2D eigenvalue weighted by Crippen LogP contribution is 2.29. The molecule has 1 saturated carbocycles. The van der Waals surface area contributed by atoms with Crippen LogP contribution in [0.5, 0.6) is 0 Å². The average Bonchev–Trinajstić information content (AvgIpc) is 2.49. The maximum atomic E-state index is 11.4. The van der Waals surface area contributed by atoms with Crippen molar-refractivity contribution in [2.45, 2.75) is 38.3 Å². The van der Waals surface area contributed by atoms with Crippen LogP contribution >= 0.6 is 0 Å². The number of ether oxygens (including phenoxy) is 1. The predicted molar refractivity (Wildman–Crippen MR) is 49.9 cm³/mol. The first kappa shape index (κ1) is 10.3. The van der Waals surface area contributed by atoms with Crippen molar-refractivity contribution in [3.8, 4) is 0 Å². The van der Waals surface area contributed by atoms with Gasteiger partial charge in [-0.15, -0.1) is 0 Å². The van der Waals surface area contributed by atoms with Crippen LogP contribution in [-0.2, 0) is 19.1 Å². The number of Topliss-reactive ketones (excluding diaryl/α,β-unsaturated/α-hetero) is 1. The molecule has 82 valence electrons. The van der Waals surface area contributed by atoms with Crippen molar-refractivity contribution in [3.05, 3.63) is 0 Å². The minimum Gasteiger partial charge on any atom is -0.375 e. The molecule has 5 nitrogen and oxygen atoms in total. The molecular formula is C10H13NO4. The van der Waals surface area contributed by atoms with E-state index in [0.717, 1.165) is 4.90 Å². The van der Waals surface area contributed by atoms with Gasteiger partial charge < -0.3 is 4.74 Å². The molecule has 2 amide bonds. The molecule has 2 rings (SSSR count). The maximum absolute atomic E-state index is 11.4. The van der Waals surface area contributed by atoms with Gasteiger partial charge in [0.05, 0.1) is 6.10 Å². The quantitative estimate of drug-likeness (QED) is 0.610. The van der Waals surface area contributed by atoms with Crippen LogP contribution in [0.3, 0.4) is 0 Å². The number of imide groups is 1. The molecule has 5 heteroatoms. The van der Waals surface area contributed by atoms with E-state index in [9.17, 15) is 14.4 Å². The molecular weight excluding hydrogens is 198 g/mol. The van der Waals surface area contributed by atoms with Crippen molar-refractivity contribution in [1.82, 2.24) is 4.90 Å². The highest BCUT2D eigenvalue weighted by molar-refractivity contribution is 6.07. The summed E-state index contributed by atoms with van der Waals surface area (Å²) in [4.78, 5) is 35.3. The number of ketones is 1. The minimum atomic E-state index is -0.646. The Morgan fingerprint density at radius 2 is 1.87 bits per heavy atom. The molecule has 1 saturated heterocycles. The standard InChI is InChI=1S/C10H13NO4/c1-2-15-7-5-6(12)10(7)11-8(13)3-4-9(11)14/h7,10H,2-5H2,1H3/t7-,10+/m1/s1. The fourth-order valence-electron chi connectivity index (χ4n) is 2.06. The van der Waals surface area contributed by atoms with Crippen molar-refractivity contribution >= 4 is 17.6 Å². The molecule has 0 aromatic heterocycles. The molecule has 15 heavy (non-hydrogen) atoms. The topological polar surface area (TPSA) is 63.7 Å². The molecule has 0 aromatic carbocycles. The third-order valence-corrected chi connectivity index (χ3v) is 2.83. The molecule has 2 aliphatic rings. The fraction of sp³-hybridized carbons (Fsp3) is 0.700. The Hall–Kier alpha value is -1.23. The Bertz CT molecular complexity index is 309. The van der Waals surface area contributed by atoms with E-state index in [-0.39, 0.29) is 36.5 Å². The van der Waals surface area contributed by atoms with Gasteiger partial charge >= 0.3 is 0 Å². The number of likely N-dealkylation sites (tertiary alicyclic amines) is 1. The zero-order valence-electron chi connectivity index (χ0n) is 8.56. The van der Waals surface area contributed by atoms with Crippen molar-refractivity contribution in [3.63, 3.8) is 0 Å². The minimum absolute atomic E-state index is 0.0722. The zero-order valence-corrected chi connectivity index (χ0v) is 8.56. The SMILES string of the molecule is CCO[C@@H]1CC(=O)[C@@H]1N1C(=O)CCC1=O. The highest BCUT2D eigenvalue weighted by Gasteiger charge is 2.50. The van der Waals surface area contributed by atoms with Gasteiger partial charge in [0.25, 0.3) is 0 Å². The van der Waals surface area contributed by atoms with E-state index >= 15 is 0 Å². The second kappa shape index (κ2) is 3.73. The zero-order chi connectivity index (χ0) is 11.0. The third kappa shape index (κ3) is 1.56. The Morgan fingerprint density at radius 3 is 2.33 bits per heavy atom. The lowest BCUT2D eigenvalue weighted by molar-refractivity contribution is -0.162. The van der Waals surface area contributed by atoms with Crippen LogP contribution in [0.25, 0.3) is 0 Å². The lowest BCUT2D eigenvalue weighted by Crippen LogP contribution is -2.60. The number of carbonyl (C=O) groups excluding carboxylic acids is 3. The van der Waals surface area contributed by atoms with Gasteiger partial charge in [0.1, 0.15) is 6.04 Å². The molecule has 0 radical (unpaired) electrons. The van der Waals surface area contributed by atoms with E-state index < -0.39 is 6.04 Å². The number of hydrogen-bond donors (Lipinski definition) is 0. The van der Waals surface area contributed by atoms with Crippen molar-refractivity contribution in [1.29, 1.82) is 0 Å². The van der Waals surface area contributed by atoms with E-state index in [1.54, 1.807) is 0 Å². The van der Waals surface area contributed by atoms with Crippen molar-refractivity contribution < 1.29 is 19.1 Å². The van der Waals surface area contributed by atoms with Gasteiger partial charge in [-0.25, -0.2) is 0 Å². The first-order chi connectivity index (χ1) is 7.15. The summed E-state index contributed by atoms with van der Waals surface area (Å²) in [5, 5.41) is 0. The monoisotopic (exact) mass is 211 g/mol. The first-order valence-electron chi connectivity index (χ1n) is 5.14. The van der Waals surface area contributed by atoms with Gasteiger partial charge in [-0.1, -0.05) is 0 Å². The molecule has 0 N–H and O–H groups in total. The van der Waals surface area contributed by atoms with Gasteiger partial charge in [0.15, 0.2) is 5.78 Å². The summed E-state index contributed by atoms with van der Waals surface area (Å²) < 4.78 is 5.30. The number of carbonyl (C=O) groups is 3. The molecule has 1 heterocycles. The molecule has 0 bridgehead atoms. The molecule has 0 aromatic rings. The number of hydrogen-bond acceptors (Lipinski definition) is 4. The average molecular weight is 211 g/mol. The van der Waals surface area contributed by atoms with Crippen LogP contribution in [0.15, 0.2) is 0 Å². The van der Waals surface area contributed by atoms with E-state index in [4.69, 9.17) is 4.74 Å². The van der Waals surface area contributed by atoms with Crippen LogP contribution in [0, 0.1) is 0 Å². The molecule has 1 aliphatic heterocycles. The van der Waals surface area contributed by atoms with Gasteiger partial charge in [0, 0.05) is 25.9 Å². The normalized spacial score (nSPS) is 31.0. The Balaban J connectivity index is 2.11. The first-order valence-corrected chi connectivity index (χ1v) is 5.14. The van der Waals surface area contributed by atoms with Crippen LogP contribution < -0.4 is 0 Å². The summed E-state index contributed by atoms with van der Waals surface area (Å²) in [6.07, 6.45) is 0.479. The van der Waals surface area contributed by atoms with Gasteiger partial charge in [-0.2, -0.15) is 0 Å². The van der Waals surface area contributed by atoms with Gasteiger partial charge in [0.2, 0.25) is 11.8 Å². The van der Waals surface area contributed by atoms with E-state index in [2.05, 4.69) is 0 Å². The summed E-state index contributed by atoms with van der Waals surface area (Å²) in [6.45, 7) is 2.32. The Labute approximate surface area is 87.4 Å². The maximum Gasteiger partial charge on any atom is 0.230 e. The predicted octanol–water partition coefficient (Wildman–Crippen LogP) is -0.118. The third-order valence-electron chi connectivity index (χ3n) is 2.83. The van der Waals surface area contributed by atoms with Gasteiger partial charge in [-0.05, 0) is 6.92 Å². The molecule has 2 atom stereocenters. The Morgan fingerprint density at radius 1 is 1.27 bits per heavy atom. The fourth-order valence-corrected chi connectivity index (χ4v) is 2.06. The largest absolute Gasteiger partial charge is 0.375 e. The molecule has 0 unspecified atom stereocenters. The number of rotatable bonds is 3. The van der Waals surface area contributed by atoms with E-state index in [1.165, 1.54) is 0 Å². The van der Waals surface area contributed by atoms with Crippen LogP contribution in [0.4, 0.5) is 0 Å².